The molecule has 0 unspecified atom stereocenters. The number of benzene rings is 8. The van der Waals surface area contributed by atoms with Crippen LogP contribution in [0.5, 0.6) is 0 Å². The second-order valence-corrected chi connectivity index (χ2v) is 17.2. The molecule has 6 heteroatoms. The van der Waals surface area contributed by atoms with Crippen LogP contribution in [0.25, 0.3) is 66.9 Å². The Balaban J connectivity index is 1.22. The van der Waals surface area contributed by atoms with Crippen LogP contribution in [0.15, 0.2) is 232 Å². The predicted molar refractivity (Wildman–Crippen MR) is 234 cm³/mol. The van der Waals surface area contributed by atoms with Crippen LogP contribution in [-0.4, -0.2) is 24.1 Å². The minimum Gasteiger partial charge on any atom is -0.278 e. The van der Waals surface area contributed by atoms with E-state index in [0.29, 0.717) is 17.7 Å². The van der Waals surface area contributed by atoms with E-state index in [0.717, 1.165) is 49.2 Å². The first kappa shape index (κ1) is 33.1. The average molecular weight is 750 g/mol. The maximum absolute atomic E-state index is 5.39. The Labute approximate surface area is 331 Å². The van der Waals surface area contributed by atoms with Gasteiger partial charge in [0.2, 0.25) is 11.9 Å². The van der Waals surface area contributed by atoms with E-state index < -0.39 is 10.0 Å². The van der Waals surface area contributed by atoms with Gasteiger partial charge in [-0.3, -0.25) is 9.13 Å². The van der Waals surface area contributed by atoms with Gasteiger partial charge in [0.25, 0.3) is 0 Å². The number of nitrogens with zero attached hydrogens (tertiary/aromatic N) is 5. The van der Waals surface area contributed by atoms with Gasteiger partial charge in [-0.2, -0.15) is 15.0 Å². The van der Waals surface area contributed by atoms with E-state index in [1.54, 1.807) is 0 Å². The second kappa shape index (κ2) is 13.5. The molecule has 5 nitrogen and oxygen atoms in total. The molecule has 0 atom stereocenters. The minimum absolute atomic E-state index is 0.562. The van der Waals surface area contributed by atoms with Crippen molar-refractivity contribution < 1.29 is 0 Å². The average Bonchev–Trinajstić information content (AvgIpc) is 3.81. The summed E-state index contributed by atoms with van der Waals surface area (Å²) in [6.45, 7) is 0. The zero-order valence-electron chi connectivity index (χ0n) is 30.9. The van der Waals surface area contributed by atoms with Crippen LogP contribution in [0.1, 0.15) is 0 Å². The Morgan fingerprint density at radius 2 is 0.632 bits per heavy atom. The lowest BCUT2D eigenvalue weighted by atomic mass is 10.2. The van der Waals surface area contributed by atoms with E-state index in [1.807, 2.05) is 0 Å². The number of hydrogen-bond acceptors (Lipinski definition) is 3. The highest BCUT2D eigenvalue weighted by Gasteiger charge is 2.33. The molecule has 0 bridgehead atoms. The van der Waals surface area contributed by atoms with Crippen LogP contribution < -0.4 is 0 Å². The van der Waals surface area contributed by atoms with Crippen LogP contribution in [0.3, 0.4) is 0 Å². The number of fused-ring (bicyclic) bond motifs is 6. The summed E-state index contributed by atoms with van der Waals surface area (Å²) >= 11 is 0. The smallest absolute Gasteiger partial charge is 0.240 e. The first-order valence-corrected chi connectivity index (χ1v) is 20.7. The summed E-state index contributed by atoms with van der Waals surface area (Å²) in [7, 11) is -1.95. The SMILES string of the molecule is c1ccc(S(c2ccccc2)(c2ccccc2)c2cccc(-c3nc(-n4c5ccccc5c5ccccc54)nc(-n4c5ccccc5c5ccccc54)n3)c2)cc1. The molecule has 0 N–H and O–H groups in total. The maximum Gasteiger partial charge on any atom is 0.240 e. The zero-order valence-corrected chi connectivity index (χ0v) is 31.7. The van der Waals surface area contributed by atoms with Crippen LogP contribution in [-0.2, 0) is 0 Å². The molecule has 0 fully saturated rings. The minimum atomic E-state index is -1.95. The van der Waals surface area contributed by atoms with Gasteiger partial charge in [-0.15, -0.1) is 10.0 Å². The lowest BCUT2D eigenvalue weighted by Crippen LogP contribution is -2.10. The Kier molecular flexibility index (Phi) is 7.83. The highest BCUT2D eigenvalue weighted by Crippen LogP contribution is 2.73. The largest absolute Gasteiger partial charge is 0.278 e. The number of aromatic nitrogens is 5. The standard InChI is InChI=1S/C51H35N5S/c1-4-20-37(21-5-1)57(38-22-6-2-7-23-38,39-24-8-3-9-25-39)40-26-18-19-36(35-40)49-52-50(55-45-31-14-10-27-41(45)42-28-11-15-32-46(42)55)54-51(53-49)56-47-33-16-12-29-43(47)44-30-13-17-34-48(44)56/h1-35H. The summed E-state index contributed by atoms with van der Waals surface area (Å²) in [5.41, 5.74) is 5.08. The fourth-order valence-electron chi connectivity index (χ4n) is 8.47. The van der Waals surface area contributed by atoms with Crippen LogP contribution in [0.2, 0.25) is 0 Å². The van der Waals surface area contributed by atoms with Crippen LogP contribution >= 0.6 is 10.0 Å². The van der Waals surface area contributed by atoms with Gasteiger partial charge in [0.05, 0.1) is 22.1 Å². The van der Waals surface area contributed by atoms with Gasteiger partial charge in [-0.05, 0) is 72.8 Å². The lowest BCUT2D eigenvalue weighted by molar-refractivity contribution is 0.892. The van der Waals surface area contributed by atoms with E-state index in [9.17, 15) is 0 Å². The molecule has 0 saturated heterocycles. The maximum atomic E-state index is 5.39. The lowest BCUT2D eigenvalue weighted by Gasteiger charge is -2.42. The van der Waals surface area contributed by atoms with E-state index in [1.165, 1.54) is 19.6 Å². The Hall–Kier alpha value is -7.28. The molecule has 0 aliphatic heterocycles. The Bertz CT molecular complexity index is 2910. The predicted octanol–water partition coefficient (Wildman–Crippen LogP) is 13.1. The van der Waals surface area contributed by atoms with Gasteiger partial charge >= 0.3 is 0 Å². The topological polar surface area (TPSA) is 48.5 Å². The van der Waals surface area contributed by atoms with Crippen molar-refractivity contribution in [2.24, 2.45) is 0 Å². The van der Waals surface area contributed by atoms with Crippen molar-refractivity contribution in [2.75, 3.05) is 0 Å². The van der Waals surface area contributed by atoms with E-state index in [4.69, 9.17) is 15.0 Å². The van der Waals surface area contributed by atoms with Crippen molar-refractivity contribution in [3.63, 3.8) is 0 Å². The molecule has 3 heterocycles. The van der Waals surface area contributed by atoms with Crippen molar-refractivity contribution >= 4 is 53.6 Å². The van der Waals surface area contributed by atoms with Crippen molar-refractivity contribution in [2.45, 2.75) is 19.6 Å². The van der Waals surface area contributed by atoms with Gasteiger partial charge in [0, 0.05) is 46.7 Å². The third-order valence-corrected chi connectivity index (χ3v) is 14.8. The fourth-order valence-corrected chi connectivity index (χ4v) is 12.4. The molecule has 0 spiro atoms. The molecule has 0 radical (unpaired) electrons. The molecular weight excluding hydrogens is 715 g/mol. The molecule has 11 rings (SSSR count). The van der Waals surface area contributed by atoms with E-state index in [-0.39, 0.29) is 0 Å². The first-order chi connectivity index (χ1) is 28.3. The number of rotatable bonds is 7. The van der Waals surface area contributed by atoms with Gasteiger partial charge < -0.3 is 0 Å². The van der Waals surface area contributed by atoms with Crippen molar-refractivity contribution in [3.8, 4) is 23.3 Å². The third kappa shape index (κ3) is 5.22. The van der Waals surface area contributed by atoms with Crippen LogP contribution in [0, 0.1) is 0 Å². The highest BCUT2D eigenvalue weighted by molar-refractivity contribution is 8.34. The summed E-state index contributed by atoms with van der Waals surface area (Å²) in [5, 5.41) is 4.60. The highest BCUT2D eigenvalue weighted by atomic mass is 32.3. The molecule has 0 amide bonds. The normalized spacial score (nSPS) is 12.1. The summed E-state index contributed by atoms with van der Waals surface area (Å²) < 4.78 is 4.37. The summed E-state index contributed by atoms with van der Waals surface area (Å²) in [5.74, 6) is 1.72. The quantitative estimate of drug-likeness (QED) is 0.163. The number of hydrogen-bond donors (Lipinski definition) is 0. The molecule has 57 heavy (non-hydrogen) atoms. The fraction of sp³-hybridized carbons (Fsp3) is 0. The van der Waals surface area contributed by atoms with Gasteiger partial charge in [-0.25, -0.2) is 0 Å². The molecule has 270 valence electrons. The molecule has 8 aromatic carbocycles. The summed E-state index contributed by atoms with van der Waals surface area (Å²) in [6, 6.07) is 75.6. The first-order valence-electron chi connectivity index (χ1n) is 19.1. The molecule has 3 aromatic heterocycles. The van der Waals surface area contributed by atoms with Gasteiger partial charge in [0.1, 0.15) is 0 Å². The zero-order chi connectivity index (χ0) is 37.8. The molecule has 0 saturated carbocycles. The Morgan fingerprint density at radius 3 is 1.02 bits per heavy atom. The molecule has 11 aromatic rings. The van der Waals surface area contributed by atoms with Crippen LogP contribution in [0.4, 0.5) is 0 Å². The summed E-state index contributed by atoms with van der Waals surface area (Å²) in [6.07, 6.45) is 0. The van der Waals surface area contributed by atoms with E-state index >= 15 is 0 Å². The van der Waals surface area contributed by atoms with Crippen molar-refractivity contribution in [1.29, 1.82) is 0 Å². The number of para-hydroxylation sites is 4. The van der Waals surface area contributed by atoms with Gasteiger partial charge in [-0.1, -0.05) is 140 Å². The van der Waals surface area contributed by atoms with Gasteiger partial charge in [0.15, 0.2) is 5.82 Å². The Morgan fingerprint density at radius 1 is 0.298 bits per heavy atom. The van der Waals surface area contributed by atoms with Crippen molar-refractivity contribution in [1.82, 2.24) is 24.1 Å². The molecular formula is C51H35N5S. The van der Waals surface area contributed by atoms with Crippen molar-refractivity contribution in [3.05, 3.63) is 212 Å². The van der Waals surface area contributed by atoms with E-state index in [2.05, 4.69) is 221 Å². The monoisotopic (exact) mass is 749 g/mol. The molecule has 0 aliphatic carbocycles. The molecule has 0 aliphatic rings. The second-order valence-electron chi connectivity index (χ2n) is 14.1. The summed E-state index contributed by atoms with van der Waals surface area (Å²) in [4.78, 5) is 21.1. The third-order valence-electron chi connectivity index (χ3n) is 10.9.